The number of hydrogen-bond acceptors (Lipinski definition) is 12. The van der Waals surface area contributed by atoms with E-state index in [0.29, 0.717) is 11.1 Å². The lowest BCUT2D eigenvalue weighted by atomic mass is 9.79. The Labute approximate surface area is 217 Å². The summed E-state index contributed by atoms with van der Waals surface area (Å²) in [6, 6.07) is 8.07. The molecule has 0 aliphatic heterocycles. The molecule has 0 spiro atoms. The Hall–Kier alpha value is -4.10. The molecule has 204 valence electrons. The molecular formula is C26H28O12. The van der Waals surface area contributed by atoms with Crippen LogP contribution in [0.25, 0.3) is 12.2 Å². The maximum Gasteiger partial charge on any atom is 0.338 e. The van der Waals surface area contributed by atoms with Gasteiger partial charge in [-0.2, -0.15) is 0 Å². The number of methoxy groups -OCH3 is 1. The van der Waals surface area contributed by atoms with E-state index in [1.807, 2.05) is 0 Å². The standard InChI is InChI=1S/C26H28O12/c1-35-25(33)26(34)13-21(31)24(38-36-10-2-3-15-4-7-17(27)19(29)11-15)22(14-26)37-23(32)9-6-16-5-8-18(28)20(30)12-16/h2-9,11-12,21-22,24,27-31,34H,10,13-14H2,1H3/b3-2+,9-6+/t21-,22-,24+,26-/m1/s1. The second kappa shape index (κ2) is 12.4. The van der Waals surface area contributed by atoms with E-state index in [1.165, 1.54) is 42.5 Å². The molecule has 0 bridgehead atoms. The molecule has 0 saturated heterocycles. The number of ether oxygens (including phenoxy) is 2. The molecule has 38 heavy (non-hydrogen) atoms. The Balaban J connectivity index is 1.67. The highest BCUT2D eigenvalue weighted by Crippen LogP contribution is 2.34. The summed E-state index contributed by atoms with van der Waals surface area (Å²) in [7, 11) is 1.06. The van der Waals surface area contributed by atoms with Gasteiger partial charge in [0.2, 0.25) is 0 Å². The van der Waals surface area contributed by atoms with Crippen molar-refractivity contribution in [2.45, 2.75) is 36.8 Å². The van der Waals surface area contributed by atoms with E-state index in [-0.39, 0.29) is 29.6 Å². The van der Waals surface area contributed by atoms with Gasteiger partial charge in [-0.1, -0.05) is 24.3 Å². The molecule has 0 radical (unpaired) electrons. The van der Waals surface area contributed by atoms with E-state index in [0.717, 1.165) is 13.2 Å². The second-order valence-electron chi connectivity index (χ2n) is 8.55. The Morgan fingerprint density at radius 1 is 0.947 bits per heavy atom. The third-order valence-corrected chi connectivity index (χ3v) is 5.73. The fourth-order valence-corrected chi connectivity index (χ4v) is 3.82. The summed E-state index contributed by atoms with van der Waals surface area (Å²) in [4.78, 5) is 35.0. The van der Waals surface area contributed by atoms with Crippen LogP contribution in [0, 0.1) is 0 Å². The lowest BCUT2D eigenvalue weighted by molar-refractivity contribution is -0.356. The molecular weight excluding hydrogens is 504 g/mol. The van der Waals surface area contributed by atoms with E-state index < -0.39 is 48.7 Å². The number of rotatable bonds is 9. The summed E-state index contributed by atoms with van der Waals surface area (Å²) < 4.78 is 9.96. The van der Waals surface area contributed by atoms with Crippen LogP contribution in [-0.4, -0.2) is 80.2 Å². The zero-order chi connectivity index (χ0) is 27.9. The molecule has 0 unspecified atom stereocenters. The third kappa shape index (κ3) is 7.23. The van der Waals surface area contributed by atoms with Crippen LogP contribution in [0.2, 0.25) is 0 Å². The molecule has 12 heteroatoms. The highest BCUT2D eigenvalue weighted by atomic mass is 17.2. The number of aliphatic hydroxyl groups is 2. The van der Waals surface area contributed by atoms with Crippen molar-refractivity contribution >= 4 is 24.1 Å². The number of aliphatic hydroxyl groups excluding tert-OH is 1. The first-order valence-electron chi connectivity index (χ1n) is 11.4. The smallest absolute Gasteiger partial charge is 0.338 e. The molecule has 0 aromatic heterocycles. The molecule has 6 N–H and O–H groups in total. The number of carbonyl (C=O) groups excluding carboxylic acids is 2. The van der Waals surface area contributed by atoms with Crippen LogP contribution in [-0.2, 0) is 28.8 Å². The minimum atomic E-state index is -2.15. The number of aromatic hydroxyl groups is 4. The first kappa shape index (κ1) is 28.5. The predicted octanol–water partition coefficient (Wildman–Crippen LogP) is 1.52. The van der Waals surface area contributed by atoms with Crippen LogP contribution in [0.15, 0.2) is 48.6 Å². The topological polar surface area (TPSA) is 192 Å². The van der Waals surface area contributed by atoms with Gasteiger partial charge in [0.25, 0.3) is 0 Å². The van der Waals surface area contributed by atoms with Crippen LogP contribution in [0.1, 0.15) is 24.0 Å². The molecule has 0 amide bonds. The van der Waals surface area contributed by atoms with Gasteiger partial charge in [-0.25, -0.2) is 19.4 Å². The van der Waals surface area contributed by atoms with Crippen molar-refractivity contribution in [1.29, 1.82) is 0 Å². The van der Waals surface area contributed by atoms with Crippen LogP contribution in [0.3, 0.4) is 0 Å². The van der Waals surface area contributed by atoms with Crippen LogP contribution >= 0.6 is 0 Å². The minimum Gasteiger partial charge on any atom is -0.504 e. The number of hydrogen-bond donors (Lipinski definition) is 6. The van der Waals surface area contributed by atoms with Crippen molar-refractivity contribution in [3.63, 3.8) is 0 Å². The van der Waals surface area contributed by atoms with Crippen LogP contribution in [0.4, 0.5) is 0 Å². The largest absolute Gasteiger partial charge is 0.504 e. The van der Waals surface area contributed by atoms with Crippen molar-refractivity contribution in [3.8, 4) is 23.0 Å². The molecule has 2 aromatic rings. The van der Waals surface area contributed by atoms with Gasteiger partial charge >= 0.3 is 11.9 Å². The monoisotopic (exact) mass is 532 g/mol. The molecule has 1 aliphatic rings. The Bertz CT molecular complexity index is 1210. The maximum absolute atomic E-state index is 12.5. The van der Waals surface area contributed by atoms with Crippen molar-refractivity contribution < 1.29 is 59.5 Å². The quantitative estimate of drug-likeness (QED) is 0.0682. The fourth-order valence-electron chi connectivity index (χ4n) is 3.82. The van der Waals surface area contributed by atoms with Gasteiger partial charge in [-0.3, -0.25) is 0 Å². The fraction of sp³-hybridized carbons (Fsp3) is 0.308. The van der Waals surface area contributed by atoms with Crippen LogP contribution in [0.5, 0.6) is 23.0 Å². The van der Waals surface area contributed by atoms with Gasteiger partial charge in [0, 0.05) is 18.9 Å². The zero-order valence-electron chi connectivity index (χ0n) is 20.3. The van der Waals surface area contributed by atoms with E-state index in [2.05, 4.69) is 4.74 Å². The van der Waals surface area contributed by atoms with E-state index in [4.69, 9.17) is 14.5 Å². The highest BCUT2D eigenvalue weighted by Gasteiger charge is 2.52. The Morgan fingerprint density at radius 2 is 1.55 bits per heavy atom. The van der Waals surface area contributed by atoms with Crippen molar-refractivity contribution in [2.24, 2.45) is 0 Å². The van der Waals surface area contributed by atoms with E-state index in [1.54, 1.807) is 12.1 Å². The number of benzene rings is 2. The van der Waals surface area contributed by atoms with Gasteiger partial charge in [0.05, 0.1) is 13.2 Å². The molecule has 2 aromatic carbocycles. The Morgan fingerprint density at radius 3 is 2.13 bits per heavy atom. The average Bonchev–Trinajstić information content (AvgIpc) is 2.87. The minimum absolute atomic E-state index is 0.128. The van der Waals surface area contributed by atoms with Gasteiger partial charge in [-0.15, -0.1) is 0 Å². The SMILES string of the molecule is COC(=O)[C@@]1(O)C[C@@H](O)[C@H](OOC/C=C/c2ccc(O)c(O)c2)[C@H](OC(=O)/C=C/c2ccc(O)c(O)c2)C1. The zero-order valence-corrected chi connectivity index (χ0v) is 20.3. The first-order chi connectivity index (χ1) is 18.0. The van der Waals surface area contributed by atoms with E-state index in [9.17, 15) is 40.2 Å². The summed E-state index contributed by atoms with van der Waals surface area (Å²) in [6.07, 6.45) is 0.388. The molecule has 1 fully saturated rings. The molecule has 4 atom stereocenters. The lowest BCUT2D eigenvalue weighted by Crippen LogP contribution is -2.58. The third-order valence-electron chi connectivity index (χ3n) is 5.73. The van der Waals surface area contributed by atoms with Crippen molar-refractivity contribution in [1.82, 2.24) is 0 Å². The first-order valence-corrected chi connectivity index (χ1v) is 11.4. The summed E-state index contributed by atoms with van der Waals surface area (Å²) >= 11 is 0. The molecule has 3 rings (SSSR count). The maximum atomic E-state index is 12.5. The van der Waals surface area contributed by atoms with E-state index >= 15 is 0 Å². The number of phenols is 4. The summed E-state index contributed by atoms with van der Waals surface area (Å²) in [5.74, 6) is -3.22. The van der Waals surface area contributed by atoms with Crippen LogP contribution < -0.4 is 0 Å². The molecule has 1 aliphatic carbocycles. The lowest BCUT2D eigenvalue weighted by Gasteiger charge is -2.40. The van der Waals surface area contributed by atoms with Crippen molar-refractivity contribution in [2.75, 3.05) is 13.7 Å². The van der Waals surface area contributed by atoms with Gasteiger partial charge in [0.15, 0.2) is 34.7 Å². The number of phenolic OH excluding ortho intramolecular Hbond substituents is 4. The Kier molecular flexibility index (Phi) is 9.31. The summed E-state index contributed by atoms with van der Waals surface area (Å²) in [5.41, 5.74) is -1.21. The van der Waals surface area contributed by atoms with Gasteiger partial charge in [-0.05, 0) is 41.5 Å². The molecule has 12 nitrogen and oxygen atoms in total. The molecule has 0 heterocycles. The normalized spacial score (nSPS) is 23.5. The number of esters is 2. The molecule has 1 saturated carbocycles. The predicted molar refractivity (Wildman–Crippen MR) is 131 cm³/mol. The summed E-state index contributed by atoms with van der Waals surface area (Å²) in [6.45, 7) is -0.128. The number of carbonyl (C=O) groups is 2. The average molecular weight is 532 g/mol. The van der Waals surface area contributed by atoms with Gasteiger partial charge < -0.3 is 40.1 Å². The van der Waals surface area contributed by atoms with Crippen molar-refractivity contribution in [3.05, 3.63) is 59.7 Å². The highest BCUT2D eigenvalue weighted by molar-refractivity contribution is 5.87. The second-order valence-corrected chi connectivity index (χ2v) is 8.55. The summed E-state index contributed by atoms with van der Waals surface area (Å²) in [5, 5.41) is 59.2. The van der Waals surface area contributed by atoms with Gasteiger partial charge in [0.1, 0.15) is 12.7 Å².